The molecule has 2 aliphatic carbocycles. The molecule has 2 aromatic rings. The number of nitrogens with zero attached hydrogens (tertiary/aromatic N) is 3. The van der Waals surface area contributed by atoms with Crippen molar-refractivity contribution < 1.29 is 0 Å². The highest BCUT2D eigenvalue weighted by atomic mass is 35.5. The summed E-state index contributed by atoms with van der Waals surface area (Å²) in [4.78, 5) is 13.8. The third-order valence-electron chi connectivity index (χ3n) is 6.54. The van der Waals surface area contributed by atoms with Gasteiger partial charge in [-0.25, -0.2) is 4.98 Å². The molecule has 0 radical (unpaired) electrons. The molecule has 2 fully saturated rings. The van der Waals surface area contributed by atoms with Gasteiger partial charge in [-0.15, -0.1) is 0 Å². The van der Waals surface area contributed by atoms with Crippen LogP contribution in [0.25, 0.3) is 16.6 Å². The molecule has 3 heterocycles. The Labute approximate surface area is 186 Å². The minimum Gasteiger partial charge on any atom is -0.404 e. The maximum absolute atomic E-state index is 6.04. The van der Waals surface area contributed by atoms with Crippen molar-refractivity contribution in [2.45, 2.75) is 25.8 Å². The molecule has 2 saturated carbocycles. The van der Waals surface area contributed by atoms with Crippen LogP contribution in [0.5, 0.6) is 0 Å². The second-order valence-electron chi connectivity index (χ2n) is 8.58. The number of hydrogen-bond acceptors (Lipinski definition) is 7. The second-order valence-corrected chi connectivity index (χ2v) is 8.97. The number of pyridine rings is 2. The number of aliphatic imine (C=N–C) groups is 1. The SMILES string of the molecule is CC(C1=CNNC(N)=C1)C1C(N=CC(=CN)c2cnc3ccc(Cl)nc3c2)C1C1CC1. The van der Waals surface area contributed by atoms with Crippen LogP contribution in [0, 0.1) is 23.7 Å². The molecule has 8 heteroatoms. The number of rotatable bonds is 6. The summed E-state index contributed by atoms with van der Waals surface area (Å²) in [5, 5.41) is 0.442. The van der Waals surface area contributed by atoms with Crippen LogP contribution in [0.3, 0.4) is 0 Å². The zero-order chi connectivity index (χ0) is 21.5. The van der Waals surface area contributed by atoms with Gasteiger partial charge >= 0.3 is 0 Å². The highest BCUT2D eigenvalue weighted by Crippen LogP contribution is 2.60. The van der Waals surface area contributed by atoms with Crippen molar-refractivity contribution in [1.82, 2.24) is 20.8 Å². The van der Waals surface area contributed by atoms with Crippen molar-refractivity contribution in [1.29, 1.82) is 0 Å². The molecule has 160 valence electrons. The highest BCUT2D eigenvalue weighted by molar-refractivity contribution is 6.29. The third-order valence-corrected chi connectivity index (χ3v) is 6.75. The van der Waals surface area contributed by atoms with Gasteiger partial charge in [-0.3, -0.25) is 15.4 Å². The molecular formula is C23H26ClN7. The van der Waals surface area contributed by atoms with Gasteiger partial charge in [-0.1, -0.05) is 18.5 Å². The van der Waals surface area contributed by atoms with Crippen LogP contribution in [-0.2, 0) is 0 Å². The Kier molecular flexibility index (Phi) is 5.06. The second kappa shape index (κ2) is 7.89. The number of allylic oxidation sites excluding steroid dienone is 3. The van der Waals surface area contributed by atoms with Crippen molar-refractivity contribution in [2.24, 2.45) is 40.1 Å². The zero-order valence-corrected chi connectivity index (χ0v) is 18.1. The van der Waals surface area contributed by atoms with Crippen molar-refractivity contribution >= 4 is 34.4 Å². The van der Waals surface area contributed by atoms with Gasteiger partial charge in [0.05, 0.1) is 17.1 Å². The van der Waals surface area contributed by atoms with Crippen LogP contribution >= 0.6 is 11.6 Å². The van der Waals surface area contributed by atoms with Crippen molar-refractivity contribution in [2.75, 3.05) is 0 Å². The van der Waals surface area contributed by atoms with E-state index in [9.17, 15) is 0 Å². The number of hydrazine groups is 1. The summed E-state index contributed by atoms with van der Waals surface area (Å²) < 4.78 is 0. The molecule has 6 N–H and O–H groups in total. The Morgan fingerprint density at radius 1 is 1.32 bits per heavy atom. The third kappa shape index (κ3) is 3.97. The molecule has 0 saturated heterocycles. The maximum Gasteiger partial charge on any atom is 0.129 e. The van der Waals surface area contributed by atoms with Crippen molar-refractivity contribution in [3.05, 3.63) is 65.0 Å². The largest absolute Gasteiger partial charge is 0.404 e. The molecule has 2 aromatic heterocycles. The lowest BCUT2D eigenvalue weighted by molar-refractivity contribution is 0.511. The Morgan fingerprint density at radius 3 is 2.90 bits per heavy atom. The van der Waals surface area contributed by atoms with Crippen LogP contribution in [0.1, 0.15) is 25.3 Å². The van der Waals surface area contributed by atoms with Crippen LogP contribution < -0.4 is 22.3 Å². The fourth-order valence-corrected chi connectivity index (χ4v) is 4.86. The first-order chi connectivity index (χ1) is 15.0. The van der Waals surface area contributed by atoms with Crippen LogP contribution in [0.15, 0.2) is 59.3 Å². The van der Waals surface area contributed by atoms with Gasteiger partial charge in [0.2, 0.25) is 0 Å². The molecule has 0 amide bonds. The Hall–Kier alpha value is -3.06. The molecule has 4 unspecified atom stereocenters. The first-order valence-electron chi connectivity index (χ1n) is 10.6. The molecule has 31 heavy (non-hydrogen) atoms. The van der Waals surface area contributed by atoms with Crippen LogP contribution in [0.4, 0.5) is 0 Å². The minimum atomic E-state index is 0.295. The van der Waals surface area contributed by atoms with Gasteiger partial charge in [0.1, 0.15) is 11.0 Å². The Morgan fingerprint density at radius 2 is 2.16 bits per heavy atom. The van der Waals surface area contributed by atoms with E-state index in [-0.39, 0.29) is 0 Å². The van der Waals surface area contributed by atoms with E-state index in [0.29, 0.717) is 34.8 Å². The summed E-state index contributed by atoms with van der Waals surface area (Å²) in [7, 11) is 0. The van der Waals surface area contributed by atoms with Gasteiger partial charge in [0, 0.05) is 35.9 Å². The number of halogens is 1. The van der Waals surface area contributed by atoms with Crippen LogP contribution in [-0.4, -0.2) is 22.2 Å². The number of fused-ring (bicyclic) bond motifs is 1. The molecule has 4 atom stereocenters. The van der Waals surface area contributed by atoms with Crippen molar-refractivity contribution in [3.63, 3.8) is 0 Å². The average Bonchev–Trinajstić information content (AvgIpc) is 3.67. The Bertz CT molecular complexity index is 1130. The van der Waals surface area contributed by atoms with Gasteiger partial charge in [0.15, 0.2) is 0 Å². The van der Waals surface area contributed by atoms with E-state index < -0.39 is 0 Å². The molecule has 0 spiro atoms. The van der Waals surface area contributed by atoms with Crippen LogP contribution in [0.2, 0.25) is 5.15 Å². The number of nitrogens with two attached hydrogens (primary N) is 2. The summed E-state index contributed by atoms with van der Waals surface area (Å²) in [6.45, 7) is 2.26. The fraction of sp³-hybridized carbons (Fsp3) is 0.348. The summed E-state index contributed by atoms with van der Waals surface area (Å²) >= 11 is 6.04. The minimum absolute atomic E-state index is 0.295. The standard InChI is InChI=1S/C23H26ClN7/c1-12(14-7-20(26)31-29-11-14)21-22(13-2-3-13)23(21)28-10-16(8-25)15-6-18-17(27-9-15)4-5-19(24)30-18/h4-13,21-23,29,31H,2-3,25-26H2,1H3. The number of hydrogen-bond donors (Lipinski definition) is 4. The van der Waals surface area contributed by atoms with E-state index in [1.165, 1.54) is 18.4 Å². The van der Waals surface area contributed by atoms with E-state index in [4.69, 9.17) is 28.1 Å². The van der Waals surface area contributed by atoms with Gasteiger partial charge < -0.3 is 16.9 Å². The molecular weight excluding hydrogens is 410 g/mol. The lowest BCUT2D eigenvalue weighted by atomic mass is 9.93. The van der Waals surface area contributed by atoms with Crippen molar-refractivity contribution in [3.8, 4) is 0 Å². The summed E-state index contributed by atoms with van der Waals surface area (Å²) in [6, 6.07) is 5.84. The normalized spacial score (nSPS) is 26.8. The van der Waals surface area contributed by atoms with E-state index in [0.717, 1.165) is 28.1 Å². The molecule has 0 bridgehead atoms. The first-order valence-corrected chi connectivity index (χ1v) is 11.0. The summed E-state index contributed by atoms with van der Waals surface area (Å²) in [5.74, 6) is 2.92. The van der Waals surface area contributed by atoms with E-state index in [2.05, 4.69) is 27.7 Å². The predicted molar refractivity (Wildman–Crippen MR) is 124 cm³/mol. The van der Waals surface area contributed by atoms with Gasteiger partial charge in [-0.05, 0) is 66.4 Å². The van der Waals surface area contributed by atoms with E-state index in [1.807, 2.05) is 30.6 Å². The predicted octanol–water partition coefficient (Wildman–Crippen LogP) is 3.11. The van der Waals surface area contributed by atoms with Gasteiger partial charge in [-0.2, -0.15) is 0 Å². The maximum atomic E-state index is 6.04. The lowest BCUT2D eigenvalue weighted by Crippen LogP contribution is -2.34. The fourth-order valence-electron chi connectivity index (χ4n) is 4.71. The summed E-state index contributed by atoms with van der Waals surface area (Å²) in [5.41, 5.74) is 22.3. The molecule has 1 aliphatic heterocycles. The molecule has 3 aliphatic rings. The first kappa shape index (κ1) is 19.9. The number of nitrogens with one attached hydrogen (secondary N) is 2. The Balaban J connectivity index is 1.36. The molecule has 5 rings (SSSR count). The smallest absolute Gasteiger partial charge is 0.129 e. The quantitative estimate of drug-likeness (QED) is 0.409. The van der Waals surface area contributed by atoms with E-state index in [1.54, 1.807) is 18.5 Å². The lowest BCUT2D eigenvalue weighted by Gasteiger charge is -2.19. The van der Waals surface area contributed by atoms with Gasteiger partial charge in [0.25, 0.3) is 0 Å². The number of aromatic nitrogens is 2. The molecule has 7 nitrogen and oxygen atoms in total. The topological polar surface area (TPSA) is 114 Å². The van der Waals surface area contributed by atoms with E-state index >= 15 is 0 Å². The average molecular weight is 436 g/mol. The summed E-state index contributed by atoms with van der Waals surface area (Å²) in [6.07, 6.45) is 11.9. The monoisotopic (exact) mass is 435 g/mol. The molecule has 0 aromatic carbocycles. The zero-order valence-electron chi connectivity index (χ0n) is 17.3. The highest BCUT2D eigenvalue weighted by Gasteiger charge is 2.59.